The first-order chi connectivity index (χ1) is 22.4. The molecule has 1 N–H and O–H groups in total. The minimum absolute atomic E-state index is 0.0610. The molecule has 0 radical (unpaired) electrons. The number of halogens is 4. The molecule has 2 aromatic carbocycles. The Labute approximate surface area is 273 Å². The molecule has 8 aromatic rings. The van der Waals surface area contributed by atoms with E-state index in [1.165, 1.54) is 46.5 Å². The topological polar surface area (TPSA) is 133 Å². The minimum atomic E-state index is -1.65. The molecular weight excluding hydrogens is 653 g/mol. The van der Waals surface area contributed by atoms with Crippen LogP contribution in [0.5, 0.6) is 0 Å². The summed E-state index contributed by atoms with van der Waals surface area (Å²) in [6.45, 7) is 1.50. The Balaban J connectivity index is 0.000000150. The third-order valence-corrected chi connectivity index (χ3v) is 8.23. The molecule has 16 heteroatoms. The van der Waals surface area contributed by atoms with E-state index in [1.807, 2.05) is 0 Å². The van der Waals surface area contributed by atoms with E-state index in [0.29, 0.717) is 33.4 Å². The summed E-state index contributed by atoms with van der Waals surface area (Å²) in [5, 5.41) is 29.3. The van der Waals surface area contributed by atoms with Crippen LogP contribution >= 0.6 is 23.2 Å². The quantitative estimate of drug-likeness (QED) is 0.249. The van der Waals surface area contributed by atoms with Crippen molar-refractivity contribution in [2.75, 3.05) is 0 Å². The zero-order chi connectivity index (χ0) is 33.2. The Morgan fingerprint density at radius 1 is 0.766 bits per heavy atom. The molecule has 1 atom stereocenters. The van der Waals surface area contributed by atoms with Crippen LogP contribution in [-0.2, 0) is 19.7 Å². The fraction of sp³-hybridized carbons (Fsp3) is 0.129. The second-order valence-electron chi connectivity index (χ2n) is 10.9. The molecule has 0 amide bonds. The van der Waals surface area contributed by atoms with Gasteiger partial charge in [-0.2, -0.15) is 20.4 Å². The molecule has 12 nitrogen and oxygen atoms in total. The van der Waals surface area contributed by atoms with Gasteiger partial charge in [0.05, 0.1) is 47.1 Å². The standard InChI is InChI=1S/C16H13ClFN5O.C15H9ClFN5O/c1-16(24,13-8-19-15-4-3-14(17)21-23(13)15)10-5-9-7-20-22(2)12(9)6-11(10)18;1-21-11-5-10(17)9(4-8(11)6-19-21)15(23)12-7-18-14-3-2-13(16)20-22(12)14/h3-8,24H,1-2H3;2-7H,1H3. The van der Waals surface area contributed by atoms with Crippen LogP contribution in [0.2, 0.25) is 10.3 Å². The first-order valence-electron chi connectivity index (χ1n) is 13.9. The summed E-state index contributed by atoms with van der Waals surface area (Å²) in [4.78, 5) is 21.0. The lowest BCUT2D eigenvalue weighted by Gasteiger charge is -2.23. The second kappa shape index (κ2) is 11.2. The van der Waals surface area contributed by atoms with Crippen LogP contribution in [0.3, 0.4) is 0 Å². The van der Waals surface area contributed by atoms with Gasteiger partial charge in [0.25, 0.3) is 0 Å². The average Bonchev–Trinajstić information content (AvgIpc) is 3.82. The molecule has 1 unspecified atom stereocenters. The number of hydrogen-bond donors (Lipinski definition) is 1. The summed E-state index contributed by atoms with van der Waals surface area (Å²) in [5.74, 6) is -1.67. The predicted molar refractivity (Wildman–Crippen MR) is 169 cm³/mol. The Hall–Kier alpha value is -5.31. The highest BCUT2D eigenvalue weighted by Crippen LogP contribution is 2.33. The Morgan fingerprint density at radius 3 is 1.98 bits per heavy atom. The van der Waals surface area contributed by atoms with Crippen molar-refractivity contribution in [2.45, 2.75) is 12.5 Å². The third-order valence-electron chi connectivity index (χ3n) is 7.83. The van der Waals surface area contributed by atoms with Crippen molar-refractivity contribution in [1.82, 2.24) is 48.8 Å². The van der Waals surface area contributed by atoms with E-state index in [4.69, 9.17) is 23.2 Å². The van der Waals surface area contributed by atoms with Crippen molar-refractivity contribution < 1.29 is 18.7 Å². The van der Waals surface area contributed by atoms with Crippen molar-refractivity contribution >= 4 is 62.1 Å². The highest BCUT2D eigenvalue weighted by atomic mass is 35.5. The third kappa shape index (κ3) is 5.16. The van der Waals surface area contributed by atoms with Gasteiger partial charge in [0.15, 0.2) is 11.3 Å². The van der Waals surface area contributed by atoms with Crippen molar-refractivity contribution in [1.29, 1.82) is 0 Å². The monoisotopic (exact) mass is 674 g/mol. The van der Waals surface area contributed by atoms with Crippen LogP contribution in [0.1, 0.15) is 34.2 Å². The number of aliphatic hydroxyl groups is 1. The fourth-order valence-corrected chi connectivity index (χ4v) is 5.64. The Kier molecular flexibility index (Phi) is 7.22. The van der Waals surface area contributed by atoms with Crippen LogP contribution in [0.15, 0.2) is 73.3 Å². The van der Waals surface area contributed by atoms with E-state index < -0.39 is 23.0 Å². The summed E-state index contributed by atoms with van der Waals surface area (Å²) in [5.41, 5.74) is 1.10. The molecule has 0 aliphatic carbocycles. The molecule has 0 fully saturated rings. The van der Waals surface area contributed by atoms with Gasteiger partial charge >= 0.3 is 0 Å². The van der Waals surface area contributed by atoms with Gasteiger partial charge in [-0.1, -0.05) is 23.2 Å². The van der Waals surface area contributed by atoms with Gasteiger partial charge < -0.3 is 5.11 Å². The van der Waals surface area contributed by atoms with Crippen LogP contribution in [0.4, 0.5) is 8.78 Å². The van der Waals surface area contributed by atoms with Gasteiger partial charge in [-0.25, -0.2) is 27.8 Å². The normalized spacial score (nSPS) is 12.9. The van der Waals surface area contributed by atoms with E-state index in [1.54, 1.807) is 66.2 Å². The molecule has 0 aliphatic rings. The molecule has 0 bridgehead atoms. The summed E-state index contributed by atoms with van der Waals surface area (Å²) in [7, 11) is 3.44. The maximum absolute atomic E-state index is 14.7. The highest BCUT2D eigenvalue weighted by molar-refractivity contribution is 6.29. The van der Waals surface area contributed by atoms with E-state index in [9.17, 15) is 18.7 Å². The van der Waals surface area contributed by atoms with Crippen LogP contribution in [-0.4, -0.2) is 59.6 Å². The fourth-order valence-electron chi connectivity index (χ4n) is 5.36. The first kappa shape index (κ1) is 30.3. The van der Waals surface area contributed by atoms with Crippen LogP contribution in [0.25, 0.3) is 33.1 Å². The van der Waals surface area contributed by atoms with E-state index in [2.05, 4.69) is 30.4 Å². The maximum Gasteiger partial charge on any atom is 0.216 e. The predicted octanol–water partition coefficient (Wildman–Crippen LogP) is 5.30. The smallest absolute Gasteiger partial charge is 0.216 e. The van der Waals surface area contributed by atoms with Gasteiger partial charge in [-0.15, -0.1) is 0 Å². The van der Waals surface area contributed by atoms with Gasteiger partial charge in [0.2, 0.25) is 5.78 Å². The van der Waals surface area contributed by atoms with Gasteiger partial charge in [-0.05, 0) is 43.3 Å². The number of aryl methyl sites for hydroxylation is 2. The molecule has 8 rings (SSSR count). The SMILES string of the molecule is Cn1ncc2cc(C(=O)c3cnc4ccc(Cl)nn34)c(F)cc21.Cn1ncc2cc(C(C)(O)c3cnc4ccc(Cl)nn34)c(F)cc21. The molecule has 6 aromatic heterocycles. The van der Waals surface area contributed by atoms with E-state index in [-0.39, 0.29) is 27.1 Å². The number of carbonyl (C=O) groups is 1. The molecule has 0 saturated carbocycles. The Bertz CT molecular complexity index is 2520. The van der Waals surface area contributed by atoms with Gasteiger partial charge in [0.1, 0.15) is 33.2 Å². The number of fused-ring (bicyclic) bond motifs is 4. The number of rotatable bonds is 4. The summed E-state index contributed by atoms with van der Waals surface area (Å²) in [6, 6.07) is 12.2. The zero-order valence-corrected chi connectivity index (χ0v) is 26.3. The molecule has 0 aliphatic heterocycles. The van der Waals surface area contributed by atoms with E-state index >= 15 is 0 Å². The van der Waals surface area contributed by atoms with Gasteiger partial charge in [-0.3, -0.25) is 14.2 Å². The van der Waals surface area contributed by atoms with E-state index in [0.717, 1.165) is 5.39 Å². The molecular formula is C31H22Cl2F2N10O2. The van der Waals surface area contributed by atoms with Crippen molar-refractivity contribution in [3.8, 4) is 0 Å². The maximum atomic E-state index is 14.7. The zero-order valence-electron chi connectivity index (χ0n) is 24.8. The summed E-state index contributed by atoms with van der Waals surface area (Å²) < 4.78 is 34.9. The molecule has 236 valence electrons. The van der Waals surface area contributed by atoms with Crippen molar-refractivity contribution in [3.63, 3.8) is 0 Å². The average molecular weight is 675 g/mol. The van der Waals surface area contributed by atoms with Crippen LogP contribution in [0, 0.1) is 11.6 Å². The number of carbonyl (C=O) groups excluding carboxylic acids is 1. The molecule has 0 saturated heterocycles. The number of nitrogens with zero attached hydrogens (tertiary/aromatic N) is 10. The first-order valence-corrected chi connectivity index (χ1v) is 14.7. The number of aromatic nitrogens is 10. The molecule has 47 heavy (non-hydrogen) atoms. The molecule has 6 heterocycles. The number of ketones is 1. The lowest BCUT2D eigenvalue weighted by atomic mass is 9.91. The second-order valence-corrected chi connectivity index (χ2v) is 11.6. The van der Waals surface area contributed by atoms with Crippen LogP contribution < -0.4 is 0 Å². The minimum Gasteiger partial charge on any atom is -0.379 e. The molecule has 0 spiro atoms. The summed E-state index contributed by atoms with van der Waals surface area (Å²) >= 11 is 11.8. The number of benzene rings is 2. The largest absolute Gasteiger partial charge is 0.379 e. The number of hydrogen-bond acceptors (Lipinski definition) is 8. The lowest BCUT2D eigenvalue weighted by Crippen LogP contribution is -2.26. The lowest BCUT2D eigenvalue weighted by molar-refractivity contribution is 0.0913. The number of imidazole rings is 2. The summed E-state index contributed by atoms with van der Waals surface area (Å²) in [6.07, 6.45) is 6.02. The van der Waals surface area contributed by atoms with Crippen molar-refractivity contribution in [2.24, 2.45) is 14.1 Å². The van der Waals surface area contributed by atoms with Gasteiger partial charge in [0, 0.05) is 42.6 Å². The Morgan fingerprint density at radius 2 is 1.32 bits per heavy atom. The van der Waals surface area contributed by atoms with Crippen molar-refractivity contribution in [3.05, 3.63) is 118 Å². The highest BCUT2D eigenvalue weighted by Gasteiger charge is 2.33.